The summed E-state index contributed by atoms with van der Waals surface area (Å²) in [4.78, 5) is 51.9. The highest BCUT2D eigenvalue weighted by Crippen LogP contribution is 2.28. The van der Waals surface area contributed by atoms with Gasteiger partial charge in [0, 0.05) is 24.3 Å². The number of nitrogens with one attached hydrogen (secondary N) is 1. The van der Waals surface area contributed by atoms with Crippen molar-refractivity contribution in [1.82, 2.24) is 14.5 Å². The van der Waals surface area contributed by atoms with Crippen molar-refractivity contribution < 1.29 is 14.4 Å². The van der Waals surface area contributed by atoms with Gasteiger partial charge in [-0.3, -0.25) is 19.2 Å². The maximum Gasteiger partial charge on any atom is 0.268 e. The lowest BCUT2D eigenvalue weighted by Crippen LogP contribution is -2.43. The third-order valence-electron chi connectivity index (χ3n) is 7.18. The van der Waals surface area contributed by atoms with Gasteiger partial charge in [-0.25, -0.2) is 0 Å². The van der Waals surface area contributed by atoms with Gasteiger partial charge >= 0.3 is 0 Å². The van der Waals surface area contributed by atoms with E-state index in [1.165, 1.54) is 4.57 Å². The SMILES string of the molecule is CCc1c(C(=O)N[C@H]2CCC[C@H]2C(N)=O)n(C)c2cc(CC)n(CC(=O)c3ccccc3)c(=O)c12. The summed E-state index contributed by atoms with van der Waals surface area (Å²) in [6, 6.07) is 10.5. The topological polar surface area (TPSA) is 116 Å². The molecule has 3 aromatic rings. The summed E-state index contributed by atoms with van der Waals surface area (Å²) < 4.78 is 3.28. The standard InChI is InChI=1S/C27H32N4O4/c1-4-17-14-21-23(27(35)31(17)15-22(32)16-10-7-6-8-11-16)18(5-2)24(30(21)3)26(34)29-20-13-9-12-19(20)25(28)33/h6-8,10-11,14,19-20H,4-5,9,12-13,15H2,1-3H3,(H2,28,33)(H,29,34)/t19-,20+/m1/s1. The number of carbonyl (C=O) groups excluding carboxylic acids is 3. The molecular formula is C27H32N4O4. The number of pyridine rings is 1. The van der Waals surface area contributed by atoms with Crippen molar-refractivity contribution in [2.45, 2.75) is 58.5 Å². The zero-order chi connectivity index (χ0) is 25.3. The van der Waals surface area contributed by atoms with Gasteiger partial charge in [0.1, 0.15) is 5.69 Å². The highest BCUT2D eigenvalue weighted by molar-refractivity contribution is 6.02. The van der Waals surface area contributed by atoms with Gasteiger partial charge in [-0.05, 0) is 37.3 Å². The Morgan fingerprint density at radius 3 is 2.43 bits per heavy atom. The molecule has 8 nitrogen and oxygen atoms in total. The summed E-state index contributed by atoms with van der Waals surface area (Å²) in [5.74, 6) is -1.25. The van der Waals surface area contributed by atoms with Crippen LogP contribution in [-0.4, -0.2) is 32.8 Å². The average molecular weight is 477 g/mol. The van der Waals surface area contributed by atoms with E-state index in [1.54, 1.807) is 35.9 Å². The number of rotatable bonds is 8. The van der Waals surface area contributed by atoms with Crippen LogP contribution < -0.4 is 16.6 Å². The third-order valence-corrected chi connectivity index (χ3v) is 7.18. The molecule has 2 atom stereocenters. The number of amides is 2. The fourth-order valence-corrected chi connectivity index (χ4v) is 5.34. The van der Waals surface area contributed by atoms with Crippen LogP contribution in [0.3, 0.4) is 0 Å². The molecule has 0 bridgehead atoms. The summed E-state index contributed by atoms with van der Waals surface area (Å²) in [5.41, 5.74) is 8.25. The van der Waals surface area contributed by atoms with E-state index in [4.69, 9.17) is 5.73 Å². The molecule has 2 heterocycles. The summed E-state index contributed by atoms with van der Waals surface area (Å²) >= 11 is 0. The van der Waals surface area contributed by atoms with Crippen molar-refractivity contribution in [1.29, 1.82) is 0 Å². The molecule has 184 valence electrons. The van der Waals surface area contributed by atoms with Gasteiger partial charge in [0.25, 0.3) is 11.5 Å². The molecule has 0 aliphatic heterocycles. The van der Waals surface area contributed by atoms with Gasteiger partial charge in [0.15, 0.2) is 5.78 Å². The van der Waals surface area contributed by atoms with Crippen LogP contribution in [-0.2, 0) is 31.2 Å². The molecule has 35 heavy (non-hydrogen) atoms. The minimum Gasteiger partial charge on any atom is -0.369 e. The second-order valence-electron chi connectivity index (χ2n) is 9.19. The number of ketones is 1. The number of benzene rings is 1. The summed E-state index contributed by atoms with van der Waals surface area (Å²) in [7, 11) is 1.77. The molecule has 1 saturated carbocycles. The lowest BCUT2D eigenvalue weighted by atomic mass is 10.0. The van der Waals surface area contributed by atoms with Gasteiger partial charge in [-0.2, -0.15) is 0 Å². The number of Topliss-reactive ketones (excluding diaryl/α,β-unsaturated/α-hetero) is 1. The maximum atomic E-state index is 13.7. The van der Waals surface area contributed by atoms with Crippen molar-refractivity contribution >= 4 is 28.5 Å². The smallest absolute Gasteiger partial charge is 0.268 e. The van der Waals surface area contributed by atoms with Gasteiger partial charge in [0.2, 0.25) is 5.91 Å². The number of carbonyl (C=O) groups is 3. The second-order valence-corrected chi connectivity index (χ2v) is 9.19. The van der Waals surface area contributed by atoms with Crippen molar-refractivity contribution in [3.05, 3.63) is 69.3 Å². The van der Waals surface area contributed by atoms with E-state index in [0.717, 1.165) is 12.1 Å². The highest BCUT2D eigenvalue weighted by Gasteiger charge is 2.34. The highest BCUT2D eigenvalue weighted by atomic mass is 16.2. The van der Waals surface area contributed by atoms with Crippen LogP contribution in [0.15, 0.2) is 41.2 Å². The lowest BCUT2D eigenvalue weighted by molar-refractivity contribution is -0.122. The Balaban J connectivity index is 1.78. The Bertz CT molecular complexity index is 1350. The average Bonchev–Trinajstić information content (AvgIpc) is 3.43. The quantitative estimate of drug-likeness (QED) is 0.486. The van der Waals surface area contributed by atoms with E-state index < -0.39 is 5.91 Å². The minimum atomic E-state index is -0.404. The van der Waals surface area contributed by atoms with Gasteiger partial charge in [-0.15, -0.1) is 0 Å². The van der Waals surface area contributed by atoms with Crippen molar-refractivity contribution in [3.63, 3.8) is 0 Å². The number of primary amides is 1. The number of hydrogen-bond acceptors (Lipinski definition) is 4. The molecule has 1 aliphatic rings. The molecule has 0 saturated heterocycles. The molecular weight excluding hydrogens is 444 g/mol. The first-order valence-electron chi connectivity index (χ1n) is 12.2. The molecule has 0 unspecified atom stereocenters. The zero-order valence-electron chi connectivity index (χ0n) is 20.5. The van der Waals surface area contributed by atoms with E-state index in [-0.39, 0.29) is 35.8 Å². The molecule has 3 N–H and O–H groups in total. The van der Waals surface area contributed by atoms with Crippen LogP contribution in [0, 0.1) is 5.92 Å². The Labute approximate surface area is 204 Å². The first-order valence-corrected chi connectivity index (χ1v) is 12.2. The maximum absolute atomic E-state index is 13.7. The minimum absolute atomic E-state index is 0.0656. The normalized spacial score (nSPS) is 17.6. The fraction of sp³-hybridized carbons (Fsp3) is 0.407. The van der Waals surface area contributed by atoms with Crippen LogP contribution in [0.2, 0.25) is 0 Å². The van der Waals surface area contributed by atoms with Crippen LogP contribution in [0.25, 0.3) is 10.9 Å². The van der Waals surface area contributed by atoms with E-state index in [2.05, 4.69) is 5.32 Å². The Morgan fingerprint density at radius 2 is 1.80 bits per heavy atom. The molecule has 2 amide bonds. The lowest BCUT2D eigenvalue weighted by Gasteiger charge is -2.19. The number of aryl methyl sites for hydroxylation is 3. The fourth-order valence-electron chi connectivity index (χ4n) is 5.34. The molecule has 8 heteroatoms. The molecule has 0 radical (unpaired) electrons. The molecule has 1 aliphatic carbocycles. The molecule has 1 fully saturated rings. The van der Waals surface area contributed by atoms with Crippen molar-refractivity contribution in [2.75, 3.05) is 0 Å². The van der Waals surface area contributed by atoms with E-state index >= 15 is 0 Å². The predicted molar refractivity (Wildman–Crippen MR) is 134 cm³/mol. The number of nitrogens with two attached hydrogens (primary N) is 1. The van der Waals surface area contributed by atoms with Crippen LogP contribution >= 0.6 is 0 Å². The van der Waals surface area contributed by atoms with Crippen LogP contribution in [0.5, 0.6) is 0 Å². The van der Waals surface area contributed by atoms with Gasteiger partial charge < -0.3 is 20.2 Å². The summed E-state index contributed by atoms with van der Waals surface area (Å²) in [6.07, 6.45) is 3.21. The van der Waals surface area contributed by atoms with Crippen LogP contribution in [0.4, 0.5) is 0 Å². The second kappa shape index (κ2) is 9.90. The Morgan fingerprint density at radius 1 is 1.09 bits per heavy atom. The monoisotopic (exact) mass is 476 g/mol. The van der Waals surface area contributed by atoms with E-state index in [9.17, 15) is 19.2 Å². The van der Waals surface area contributed by atoms with Gasteiger partial charge in [-0.1, -0.05) is 50.6 Å². The van der Waals surface area contributed by atoms with Crippen molar-refractivity contribution in [2.24, 2.45) is 18.7 Å². The number of aromatic nitrogens is 2. The first kappa shape index (κ1) is 24.4. The molecule has 4 rings (SSSR count). The first-order chi connectivity index (χ1) is 16.8. The number of hydrogen-bond donors (Lipinski definition) is 2. The molecule has 1 aromatic carbocycles. The number of nitrogens with zero attached hydrogens (tertiary/aromatic N) is 2. The summed E-state index contributed by atoms with van der Waals surface area (Å²) in [6.45, 7) is 3.77. The summed E-state index contributed by atoms with van der Waals surface area (Å²) in [5, 5.41) is 3.45. The Hall–Kier alpha value is -3.68. The molecule has 0 spiro atoms. The van der Waals surface area contributed by atoms with Gasteiger partial charge in [0.05, 0.1) is 23.4 Å². The molecule has 2 aromatic heterocycles. The Kier molecular flexibility index (Phi) is 6.91. The van der Waals surface area contributed by atoms with E-state index in [0.29, 0.717) is 53.4 Å². The third kappa shape index (κ3) is 4.40. The largest absolute Gasteiger partial charge is 0.369 e. The zero-order valence-corrected chi connectivity index (χ0v) is 20.5. The van der Waals surface area contributed by atoms with Crippen molar-refractivity contribution in [3.8, 4) is 0 Å². The predicted octanol–water partition coefficient (Wildman–Crippen LogP) is 2.73. The van der Waals surface area contributed by atoms with E-state index in [1.807, 2.05) is 26.0 Å². The number of fused-ring (bicyclic) bond motifs is 1. The van der Waals surface area contributed by atoms with Crippen LogP contribution in [0.1, 0.15) is 65.2 Å².